The van der Waals surface area contributed by atoms with E-state index in [1.54, 1.807) is 0 Å². The second-order valence-corrected chi connectivity index (χ2v) is 6.40. The van der Waals surface area contributed by atoms with Crippen LogP contribution in [0.4, 0.5) is 0 Å². The van der Waals surface area contributed by atoms with Gasteiger partial charge in [-0.2, -0.15) is 5.26 Å². The molecule has 1 atom stereocenters. The van der Waals surface area contributed by atoms with Crippen molar-refractivity contribution in [2.24, 2.45) is 0 Å². The molecule has 3 heteroatoms. The molecule has 0 aliphatic carbocycles. The Morgan fingerprint density at radius 3 is 2.52 bits per heavy atom. The monoisotopic (exact) mass is 345 g/mol. The van der Waals surface area contributed by atoms with Crippen LogP contribution in [0.5, 0.6) is 0 Å². The van der Waals surface area contributed by atoms with Crippen LogP contribution in [0.1, 0.15) is 49.2 Å². The van der Waals surface area contributed by atoms with Gasteiger partial charge in [0.05, 0.1) is 6.07 Å². The van der Waals surface area contributed by atoms with Crippen LogP contribution in [-0.4, -0.2) is 0 Å². The first-order chi connectivity index (χ1) is 10.0. The highest BCUT2D eigenvalue weighted by atomic mass is 79.9. The molecule has 1 heterocycles. The van der Waals surface area contributed by atoms with E-state index in [4.69, 9.17) is 9.68 Å². The second-order valence-electron chi connectivity index (χ2n) is 5.48. The molecular weight excluding hydrogens is 326 g/mol. The zero-order valence-electron chi connectivity index (χ0n) is 12.7. The van der Waals surface area contributed by atoms with Gasteiger partial charge in [-0.3, -0.25) is 0 Å². The van der Waals surface area contributed by atoms with E-state index in [2.05, 4.69) is 60.1 Å². The Hall–Kier alpha value is -1.53. The van der Waals surface area contributed by atoms with Crippen molar-refractivity contribution in [3.05, 3.63) is 45.8 Å². The molecule has 2 rings (SSSR count). The normalized spacial score (nSPS) is 12.1. The van der Waals surface area contributed by atoms with Crippen LogP contribution in [0, 0.1) is 25.2 Å². The van der Waals surface area contributed by atoms with Gasteiger partial charge in [-0.15, -0.1) is 0 Å². The maximum absolute atomic E-state index is 8.68. The topological polar surface area (TPSA) is 36.9 Å². The summed E-state index contributed by atoms with van der Waals surface area (Å²) >= 11 is 3.48. The number of nitrogens with zero attached hydrogens (tertiary/aromatic N) is 1. The molecule has 0 aliphatic rings. The van der Waals surface area contributed by atoms with Crippen LogP contribution in [0.3, 0.4) is 0 Å². The number of halogens is 1. The third kappa shape index (κ3) is 3.57. The first kappa shape index (κ1) is 15.9. The third-order valence-corrected chi connectivity index (χ3v) is 4.45. The van der Waals surface area contributed by atoms with Gasteiger partial charge in [0.15, 0.2) is 0 Å². The highest BCUT2D eigenvalue weighted by Gasteiger charge is 2.20. The molecule has 0 spiro atoms. The lowest BCUT2D eigenvalue weighted by atomic mass is 9.93. The molecule has 2 nitrogen and oxygen atoms in total. The van der Waals surface area contributed by atoms with Gasteiger partial charge in [0.2, 0.25) is 0 Å². The maximum Gasteiger partial charge on any atom is 0.115 e. The predicted molar refractivity (Wildman–Crippen MR) is 89.2 cm³/mol. The first-order valence-corrected chi connectivity index (χ1v) is 8.06. The van der Waals surface area contributed by atoms with E-state index in [1.165, 1.54) is 16.7 Å². The Balaban J connectivity index is 2.36. The fourth-order valence-corrected chi connectivity index (χ4v) is 2.86. The van der Waals surface area contributed by atoms with E-state index < -0.39 is 0 Å². The Morgan fingerprint density at radius 2 is 1.90 bits per heavy atom. The molecule has 1 aromatic carbocycles. The SMILES string of the molecule is Cc1oc(C(C)CCCC#N)c(-c2ccc(Br)cc2)c1C. The minimum absolute atomic E-state index is 0.324. The molecule has 0 amide bonds. The van der Waals surface area contributed by atoms with Gasteiger partial charge in [-0.25, -0.2) is 0 Å². The quantitative estimate of drug-likeness (QED) is 0.611. The zero-order valence-corrected chi connectivity index (χ0v) is 14.3. The molecule has 0 bridgehead atoms. The summed E-state index contributed by atoms with van der Waals surface area (Å²) in [5.74, 6) is 2.35. The summed E-state index contributed by atoms with van der Waals surface area (Å²) in [5.41, 5.74) is 3.61. The predicted octanol–water partition coefficient (Wildman–Crippen LogP) is 6.12. The summed E-state index contributed by atoms with van der Waals surface area (Å²) in [6.45, 7) is 6.31. The van der Waals surface area contributed by atoms with Crippen molar-refractivity contribution in [2.75, 3.05) is 0 Å². The lowest BCUT2D eigenvalue weighted by Gasteiger charge is -2.11. The number of benzene rings is 1. The smallest absolute Gasteiger partial charge is 0.115 e. The summed E-state index contributed by atoms with van der Waals surface area (Å²) < 4.78 is 7.10. The second kappa shape index (κ2) is 6.95. The highest BCUT2D eigenvalue weighted by molar-refractivity contribution is 9.10. The van der Waals surface area contributed by atoms with Gasteiger partial charge in [0.1, 0.15) is 11.5 Å². The molecule has 110 valence electrons. The fraction of sp³-hybridized carbons (Fsp3) is 0.389. The minimum atomic E-state index is 0.324. The van der Waals surface area contributed by atoms with Gasteiger partial charge in [-0.05, 0) is 49.9 Å². The van der Waals surface area contributed by atoms with E-state index in [0.717, 1.165) is 28.8 Å². The summed E-state index contributed by atoms with van der Waals surface area (Å²) in [5, 5.41) is 8.68. The molecule has 1 aromatic heterocycles. The number of hydrogen-bond donors (Lipinski definition) is 0. The lowest BCUT2D eigenvalue weighted by molar-refractivity contribution is 0.439. The first-order valence-electron chi connectivity index (χ1n) is 7.27. The molecule has 0 saturated carbocycles. The summed E-state index contributed by atoms with van der Waals surface area (Å²) in [4.78, 5) is 0. The number of aryl methyl sites for hydroxylation is 1. The van der Waals surface area contributed by atoms with Crippen molar-refractivity contribution in [2.45, 2.75) is 46.0 Å². The molecule has 0 N–H and O–H groups in total. The van der Waals surface area contributed by atoms with E-state index >= 15 is 0 Å². The molecule has 2 aromatic rings. The molecule has 1 unspecified atom stereocenters. The third-order valence-electron chi connectivity index (χ3n) is 3.92. The number of hydrogen-bond acceptors (Lipinski definition) is 2. The Bertz CT molecular complexity index is 649. The van der Waals surface area contributed by atoms with Crippen LogP contribution in [0.25, 0.3) is 11.1 Å². The van der Waals surface area contributed by atoms with Gasteiger partial charge in [0.25, 0.3) is 0 Å². The van der Waals surface area contributed by atoms with E-state index in [0.29, 0.717) is 12.3 Å². The van der Waals surface area contributed by atoms with Crippen LogP contribution < -0.4 is 0 Å². The van der Waals surface area contributed by atoms with Crippen molar-refractivity contribution < 1.29 is 4.42 Å². The number of nitriles is 1. The van der Waals surface area contributed by atoms with E-state index in [-0.39, 0.29) is 0 Å². The van der Waals surface area contributed by atoms with Crippen LogP contribution in [-0.2, 0) is 0 Å². The highest BCUT2D eigenvalue weighted by Crippen LogP contribution is 2.38. The Morgan fingerprint density at radius 1 is 1.24 bits per heavy atom. The van der Waals surface area contributed by atoms with Gasteiger partial charge >= 0.3 is 0 Å². The maximum atomic E-state index is 8.68. The van der Waals surface area contributed by atoms with E-state index in [1.807, 2.05) is 6.92 Å². The van der Waals surface area contributed by atoms with Gasteiger partial charge in [-0.1, -0.05) is 35.0 Å². The number of unbranched alkanes of at least 4 members (excludes halogenated alkanes) is 1. The summed E-state index contributed by atoms with van der Waals surface area (Å²) in [6.07, 6.45) is 2.50. The van der Waals surface area contributed by atoms with Gasteiger partial charge in [0, 0.05) is 22.4 Å². The Kier molecular flexibility index (Phi) is 5.25. The van der Waals surface area contributed by atoms with Gasteiger partial charge < -0.3 is 4.42 Å². The molecular formula is C18H20BrNO. The minimum Gasteiger partial charge on any atom is -0.465 e. The molecule has 0 radical (unpaired) electrons. The van der Waals surface area contributed by atoms with E-state index in [9.17, 15) is 0 Å². The molecule has 0 aliphatic heterocycles. The summed E-state index contributed by atoms with van der Waals surface area (Å²) in [6, 6.07) is 10.6. The molecule has 0 fully saturated rings. The number of furan rings is 1. The fourth-order valence-electron chi connectivity index (χ4n) is 2.59. The standard InChI is InChI=1S/C18H20BrNO/c1-12(6-4-5-11-20)18-17(13(2)14(3)21-18)15-7-9-16(19)10-8-15/h7-10,12H,4-6H2,1-3H3. The summed E-state index contributed by atoms with van der Waals surface area (Å²) in [7, 11) is 0. The van der Waals surface area contributed by atoms with Crippen molar-refractivity contribution in [1.29, 1.82) is 5.26 Å². The lowest BCUT2D eigenvalue weighted by Crippen LogP contribution is -1.95. The van der Waals surface area contributed by atoms with Crippen molar-refractivity contribution in [1.82, 2.24) is 0 Å². The average molecular weight is 346 g/mol. The Labute approximate surface area is 134 Å². The van der Waals surface area contributed by atoms with Crippen LogP contribution in [0.2, 0.25) is 0 Å². The van der Waals surface area contributed by atoms with Crippen LogP contribution >= 0.6 is 15.9 Å². The van der Waals surface area contributed by atoms with Crippen molar-refractivity contribution in [3.63, 3.8) is 0 Å². The molecule has 0 saturated heterocycles. The van der Waals surface area contributed by atoms with Crippen molar-refractivity contribution >= 4 is 15.9 Å². The average Bonchev–Trinajstić information content (AvgIpc) is 2.76. The largest absolute Gasteiger partial charge is 0.465 e. The number of rotatable bonds is 5. The van der Waals surface area contributed by atoms with Crippen molar-refractivity contribution in [3.8, 4) is 17.2 Å². The van der Waals surface area contributed by atoms with Crippen LogP contribution in [0.15, 0.2) is 33.2 Å². The zero-order chi connectivity index (χ0) is 15.4. The molecule has 21 heavy (non-hydrogen) atoms.